The normalized spacial score (nSPS) is 11.7. The molecule has 0 aliphatic carbocycles. The second-order valence-corrected chi connectivity index (χ2v) is 2.86. The van der Waals surface area contributed by atoms with Gasteiger partial charge in [-0.2, -0.15) is 8.78 Å². The Morgan fingerprint density at radius 1 is 1.38 bits per heavy atom. The quantitative estimate of drug-likeness (QED) is 0.742. The number of hydrogen-bond acceptors (Lipinski definition) is 2. The lowest BCUT2D eigenvalue weighted by atomic mass is 10.0. The molecule has 1 aromatic rings. The first-order valence-electron chi connectivity index (χ1n) is 3.76. The van der Waals surface area contributed by atoms with Crippen LogP contribution in [0.1, 0.15) is 11.1 Å². The zero-order valence-corrected chi connectivity index (χ0v) is 7.09. The predicted molar refractivity (Wildman–Crippen MR) is 43.8 cm³/mol. The van der Waals surface area contributed by atoms with Crippen molar-refractivity contribution < 1.29 is 19.0 Å². The van der Waals surface area contributed by atoms with Gasteiger partial charge in [0, 0.05) is 5.56 Å². The Morgan fingerprint density at radius 2 is 2.00 bits per heavy atom. The Labute approximate surface area is 74.4 Å². The van der Waals surface area contributed by atoms with Crippen molar-refractivity contribution in [1.82, 2.24) is 0 Å². The van der Waals surface area contributed by atoms with Gasteiger partial charge in [0.15, 0.2) is 0 Å². The van der Waals surface area contributed by atoms with Crippen molar-refractivity contribution in [2.75, 3.05) is 6.61 Å². The standard InChI is InChI=1S/C9H10F2O2/c1-6-4-7(13)2-3-8(6)9(10,11)5-12/h2-4,12-13H,5H2,1H3. The maximum atomic E-state index is 12.9. The molecule has 0 aliphatic rings. The number of aliphatic hydroxyl groups excluding tert-OH is 1. The first kappa shape index (κ1) is 9.92. The second-order valence-electron chi connectivity index (χ2n) is 2.86. The second kappa shape index (κ2) is 3.30. The molecule has 72 valence electrons. The molecular formula is C9H10F2O2. The maximum Gasteiger partial charge on any atom is 0.296 e. The molecule has 4 heteroatoms. The summed E-state index contributed by atoms with van der Waals surface area (Å²) in [6.07, 6.45) is 0. The van der Waals surface area contributed by atoms with E-state index in [-0.39, 0.29) is 16.9 Å². The Morgan fingerprint density at radius 3 is 2.46 bits per heavy atom. The van der Waals surface area contributed by atoms with Crippen molar-refractivity contribution >= 4 is 0 Å². The lowest BCUT2D eigenvalue weighted by molar-refractivity contribution is -0.0561. The summed E-state index contributed by atoms with van der Waals surface area (Å²) >= 11 is 0. The zero-order chi connectivity index (χ0) is 10.1. The van der Waals surface area contributed by atoms with Crippen molar-refractivity contribution in [2.45, 2.75) is 12.8 Å². The first-order valence-corrected chi connectivity index (χ1v) is 3.76. The lowest BCUT2D eigenvalue weighted by Crippen LogP contribution is -2.19. The molecule has 1 rings (SSSR count). The van der Waals surface area contributed by atoms with E-state index in [1.807, 2.05) is 0 Å². The number of phenols is 1. The summed E-state index contributed by atoms with van der Waals surface area (Å²) in [7, 11) is 0. The third-order valence-corrected chi connectivity index (χ3v) is 1.80. The fraction of sp³-hybridized carbons (Fsp3) is 0.333. The third-order valence-electron chi connectivity index (χ3n) is 1.80. The van der Waals surface area contributed by atoms with Crippen molar-refractivity contribution in [3.8, 4) is 5.75 Å². The zero-order valence-electron chi connectivity index (χ0n) is 7.09. The number of hydrogen-bond donors (Lipinski definition) is 2. The van der Waals surface area contributed by atoms with Crippen molar-refractivity contribution in [3.05, 3.63) is 29.3 Å². The summed E-state index contributed by atoms with van der Waals surface area (Å²) in [5, 5.41) is 17.4. The average Bonchev–Trinajstić information content (AvgIpc) is 2.03. The van der Waals surface area contributed by atoms with E-state index in [1.165, 1.54) is 19.1 Å². The van der Waals surface area contributed by atoms with Gasteiger partial charge in [-0.3, -0.25) is 0 Å². The monoisotopic (exact) mass is 188 g/mol. The van der Waals surface area contributed by atoms with E-state index < -0.39 is 12.5 Å². The van der Waals surface area contributed by atoms with E-state index >= 15 is 0 Å². The van der Waals surface area contributed by atoms with Gasteiger partial charge in [-0.15, -0.1) is 0 Å². The van der Waals surface area contributed by atoms with E-state index in [2.05, 4.69) is 0 Å². The van der Waals surface area contributed by atoms with Crippen LogP contribution in [0.4, 0.5) is 8.78 Å². The van der Waals surface area contributed by atoms with E-state index in [0.717, 1.165) is 6.07 Å². The number of halogens is 2. The fourth-order valence-electron chi connectivity index (χ4n) is 1.14. The van der Waals surface area contributed by atoms with Crippen LogP contribution >= 0.6 is 0 Å². The molecule has 0 amide bonds. The highest BCUT2D eigenvalue weighted by atomic mass is 19.3. The largest absolute Gasteiger partial charge is 0.508 e. The predicted octanol–water partition coefficient (Wildman–Crippen LogP) is 1.78. The number of aryl methyl sites for hydroxylation is 1. The van der Waals surface area contributed by atoms with Gasteiger partial charge in [-0.05, 0) is 30.7 Å². The van der Waals surface area contributed by atoms with Gasteiger partial charge in [0.05, 0.1) is 0 Å². The van der Waals surface area contributed by atoms with Gasteiger partial charge >= 0.3 is 0 Å². The smallest absolute Gasteiger partial charge is 0.296 e. The molecule has 13 heavy (non-hydrogen) atoms. The van der Waals surface area contributed by atoms with Crippen LogP contribution in [0.5, 0.6) is 5.75 Å². The molecule has 0 heterocycles. The molecule has 0 saturated carbocycles. The summed E-state index contributed by atoms with van der Waals surface area (Å²) in [6, 6.07) is 3.52. The fourth-order valence-corrected chi connectivity index (χ4v) is 1.14. The first-order chi connectivity index (χ1) is 5.97. The Hall–Kier alpha value is -1.16. The molecule has 0 radical (unpaired) electrons. The average molecular weight is 188 g/mol. The van der Waals surface area contributed by atoms with Crippen LogP contribution in [-0.4, -0.2) is 16.8 Å². The van der Waals surface area contributed by atoms with E-state index in [0.29, 0.717) is 0 Å². The molecule has 0 aromatic heterocycles. The number of alkyl halides is 2. The van der Waals surface area contributed by atoms with Gasteiger partial charge in [-0.25, -0.2) is 0 Å². The van der Waals surface area contributed by atoms with E-state index in [1.54, 1.807) is 0 Å². The number of benzene rings is 1. The third kappa shape index (κ3) is 1.95. The van der Waals surface area contributed by atoms with E-state index in [9.17, 15) is 8.78 Å². The lowest BCUT2D eigenvalue weighted by Gasteiger charge is -2.15. The van der Waals surface area contributed by atoms with Crippen molar-refractivity contribution in [2.24, 2.45) is 0 Å². The maximum absolute atomic E-state index is 12.9. The summed E-state index contributed by atoms with van der Waals surface area (Å²) in [5.74, 6) is -3.30. The van der Waals surface area contributed by atoms with Gasteiger partial charge < -0.3 is 10.2 Å². The van der Waals surface area contributed by atoms with Gasteiger partial charge in [0.2, 0.25) is 0 Å². The highest BCUT2D eigenvalue weighted by molar-refractivity contribution is 5.36. The highest BCUT2D eigenvalue weighted by Crippen LogP contribution is 2.31. The van der Waals surface area contributed by atoms with E-state index in [4.69, 9.17) is 10.2 Å². The van der Waals surface area contributed by atoms with Crippen LogP contribution in [0.25, 0.3) is 0 Å². The molecular weight excluding hydrogens is 178 g/mol. The summed E-state index contributed by atoms with van der Waals surface area (Å²) < 4.78 is 25.9. The van der Waals surface area contributed by atoms with Crippen molar-refractivity contribution in [1.29, 1.82) is 0 Å². The highest BCUT2D eigenvalue weighted by Gasteiger charge is 2.31. The number of aliphatic hydroxyl groups is 1. The Bertz CT molecular complexity index is 310. The molecule has 0 unspecified atom stereocenters. The molecule has 2 N–H and O–H groups in total. The summed E-state index contributed by atoms with van der Waals surface area (Å²) in [5.41, 5.74) is 0.00634. The molecule has 0 atom stereocenters. The van der Waals surface area contributed by atoms with Gasteiger partial charge in [-0.1, -0.05) is 0 Å². The van der Waals surface area contributed by atoms with Crippen LogP contribution in [-0.2, 0) is 5.92 Å². The minimum absolute atomic E-state index is 0.0602. The molecule has 0 bridgehead atoms. The number of rotatable bonds is 2. The van der Waals surface area contributed by atoms with Gasteiger partial charge in [0.25, 0.3) is 5.92 Å². The SMILES string of the molecule is Cc1cc(O)ccc1C(F)(F)CO. The molecule has 2 nitrogen and oxygen atoms in total. The van der Waals surface area contributed by atoms with Crippen LogP contribution in [0.15, 0.2) is 18.2 Å². The molecule has 0 spiro atoms. The molecule has 0 aliphatic heterocycles. The summed E-state index contributed by atoms with van der Waals surface area (Å²) in [6.45, 7) is 0.233. The minimum atomic E-state index is -3.24. The molecule has 0 saturated heterocycles. The van der Waals surface area contributed by atoms with Crippen LogP contribution in [0, 0.1) is 6.92 Å². The minimum Gasteiger partial charge on any atom is -0.508 e. The number of phenolic OH excluding ortho intramolecular Hbond substituents is 1. The van der Waals surface area contributed by atoms with Gasteiger partial charge in [0.1, 0.15) is 12.4 Å². The number of aromatic hydroxyl groups is 1. The topological polar surface area (TPSA) is 40.5 Å². The van der Waals surface area contributed by atoms with Crippen molar-refractivity contribution in [3.63, 3.8) is 0 Å². The van der Waals surface area contributed by atoms with Crippen LogP contribution < -0.4 is 0 Å². The molecule has 1 aromatic carbocycles. The molecule has 0 fully saturated rings. The Kier molecular flexibility index (Phi) is 2.52. The summed E-state index contributed by atoms with van der Waals surface area (Å²) in [4.78, 5) is 0. The Balaban J connectivity index is 3.16. The van der Waals surface area contributed by atoms with Crippen LogP contribution in [0.2, 0.25) is 0 Å². The van der Waals surface area contributed by atoms with Crippen LogP contribution in [0.3, 0.4) is 0 Å².